The molecule has 0 aromatic heterocycles. The third-order valence-electron chi connectivity index (χ3n) is 4.68. The summed E-state index contributed by atoms with van der Waals surface area (Å²) in [6, 6.07) is 4.20. The number of carbonyl (C=O) groups is 1. The highest BCUT2D eigenvalue weighted by atomic mass is 32.2. The van der Waals surface area contributed by atoms with Gasteiger partial charge in [-0.05, 0) is 48.4 Å². The van der Waals surface area contributed by atoms with Crippen LogP contribution in [-0.4, -0.2) is 59.9 Å². The maximum absolute atomic E-state index is 12.6. The van der Waals surface area contributed by atoms with Crippen LogP contribution in [0.15, 0.2) is 17.0 Å². The van der Waals surface area contributed by atoms with E-state index in [0.717, 1.165) is 20.9 Å². The first-order chi connectivity index (χ1) is 13.7. The highest BCUT2D eigenvalue weighted by molar-refractivity contribution is 7.97. The second-order valence-corrected chi connectivity index (χ2v) is 8.60. The van der Waals surface area contributed by atoms with Gasteiger partial charge >= 0.3 is 18.4 Å². The molecule has 1 saturated heterocycles. The van der Waals surface area contributed by atoms with Gasteiger partial charge in [0.05, 0.1) is 0 Å². The van der Waals surface area contributed by atoms with Crippen LogP contribution in [0.25, 0.3) is 0 Å². The van der Waals surface area contributed by atoms with Crippen molar-refractivity contribution in [1.29, 1.82) is 0 Å². The van der Waals surface area contributed by atoms with Gasteiger partial charge in [-0.2, -0.15) is 26.3 Å². The predicted octanol–water partition coefficient (Wildman–Crippen LogP) is 5.68. The van der Waals surface area contributed by atoms with Crippen molar-refractivity contribution in [1.82, 2.24) is 9.21 Å². The van der Waals surface area contributed by atoms with E-state index in [4.69, 9.17) is 0 Å². The molecule has 170 valence electrons. The maximum Gasteiger partial charge on any atom is 0.434 e. The number of carbonyl (C=O) groups excluding carboxylic acids is 1. The number of halogens is 6. The van der Waals surface area contributed by atoms with Crippen molar-refractivity contribution >= 4 is 18.0 Å². The molecule has 0 N–H and O–H groups in total. The van der Waals surface area contributed by atoms with E-state index in [-0.39, 0.29) is 26.2 Å². The molecule has 1 fully saturated rings. The number of amides is 1. The van der Waals surface area contributed by atoms with Gasteiger partial charge < -0.3 is 9.64 Å². The summed E-state index contributed by atoms with van der Waals surface area (Å²) in [4.78, 5) is 13.8. The zero-order valence-corrected chi connectivity index (χ0v) is 17.8. The summed E-state index contributed by atoms with van der Waals surface area (Å²) in [7, 11) is 0. The molecule has 1 aromatic rings. The fraction of sp³-hybridized carbons (Fsp3) is 0.632. The largest absolute Gasteiger partial charge is 0.434 e. The van der Waals surface area contributed by atoms with Gasteiger partial charge in [-0.3, -0.25) is 0 Å². The SMILES string of the molecule is Cc1cc(C(C)C)cc(C)c1SN1CCN(C(=O)OC(C(F)(F)F)C(F)(F)F)CC1. The molecule has 11 heteroatoms. The zero-order valence-electron chi connectivity index (χ0n) is 17.0. The maximum atomic E-state index is 12.6. The molecule has 1 aromatic carbocycles. The smallest absolute Gasteiger partial charge is 0.426 e. The molecule has 1 aliphatic heterocycles. The van der Waals surface area contributed by atoms with E-state index in [1.807, 2.05) is 18.2 Å². The summed E-state index contributed by atoms with van der Waals surface area (Å²) in [5.41, 5.74) is 3.39. The van der Waals surface area contributed by atoms with Crippen molar-refractivity contribution in [3.8, 4) is 0 Å². The van der Waals surface area contributed by atoms with Gasteiger partial charge in [0, 0.05) is 31.1 Å². The first-order valence-electron chi connectivity index (χ1n) is 9.33. The number of alkyl halides is 6. The first-order valence-corrected chi connectivity index (χ1v) is 10.1. The highest BCUT2D eigenvalue weighted by Gasteiger charge is 2.60. The standard InChI is InChI=1S/C19H24F6N2O2S/c1-11(2)14-9-12(3)15(13(4)10-14)30-27-7-5-26(6-8-27)17(28)29-16(18(20,21)22)19(23,24)25/h9-11,16H,5-8H2,1-4H3. The lowest BCUT2D eigenvalue weighted by molar-refractivity contribution is -0.308. The predicted molar refractivity (Wildman–Crippen MR) is 101 cm³/mol. The molecule has 1 amide bonds. The Balaban J connectivity index is 1.98. The first kappa shape index (κ1) is 24.6. The number of hydrogen-bond acceptors (Lipinski definition) is 4. The summed E-state index contributed by atoms with van der Waals surface area (Å²) in [6.45, 7) is 8.68. The molecule has 0 spiro atoms. The van der Waals surface area contributed by atoms with Crippen LogP contribution < -0.4 is 0 Å². The quantitative estimate of drug-likeness (QED) is 0.429. The molecule has 0 aliphatic carbocycles. The van der Waals surface area contributed by atoms with E-state index in [0.29, 0.717) is 5.92 Å². The number of ether oxygens (including phenoxy) is 1. The molecule has 2 rings (SSSR count). The van der Waals surface area contributed by atoms with E-state index in [2.05, 4.69) is 30.7 Å². The molecule has 0 radical (unpaired) electrons. The molecule has 0 saturated carbocycles. The van der Waals surface area contributed by atoms with Crippen molar-refractivity contribution in [2.75, 3.05) is 26.2 Å². The van der Waals surface area contributed by atoms with Crippen molar-refractivity contribution in [3.05, 3.63) is 28.8 Å². The summed E-state index contributed by atoms with van der Waals surface area (Å²) < 4.78 is 81.1. The Labute approximate surface area is 175 Å². The average molecular weight is 458 g/mol. The normalized spacial score (nSPS) is 16.5. The van der Waals surface area contributed by atoms with Gasteiger partial charge in [0.2, 0.25) is 0 Å². The Morgan fingerprint density at radius 1 is 0.967 bits per heavy atom. The number of hydrogen-bond donors (Lipinski definition) is 0. The molecule has 4 nitrogen and oxygen atoms in total. The minimum atomic E-state index is -5.72. The van der Waals surface area contributed by atoms with Gasteiger partial charge in [0.1, 0.15) is 0 Å². The Morgan fingerprint density at radius 3 is 1.83 bits per heavy atom. The topological polar surface area (TPSA) is 32.8 Å². The Hall–Kier alpha value is -1.62. The number of aryl methyl sites for hydroxylation is 2. The summed E-state index contributed by atoms with van der Waals surface area (Å²) in [6.07, 6.45) is -17.2. The van der Waals surface area contributed by atoms with Gasteiger partial charge in [-0.15, -0.1) is 0 Å². The van der Waals surface area contributed by atoms with Gasteiger partial charge in [-0.1, -0.05) is 26.0 Å². The Bertz CT molecular complexity index is 721. The van der Waals surface area contributed by atoms with E-state index in [1.165, 1.54) is 17.5 Å². The Kier molecular flexibility index (Phi) is 7.60. The molecule has 0 atom stereocenters. The van der Waals surface area contributed by atoms with Gasteiger partial charge in [0.15, 0.2) is 0 Å². The van der Waals surface area contributed by atoms with Crippen molar-refractivity contribution < 1.29 is 35.9 Å². The Morgan fingerprint density at radius 2 is 1.43 bits per heavy atom. The van der Waals surface area contributed by atoms with Crippen LogP contribution >= 0.6 is 11.9 Å². The van der Waals surface area contributed by atoms with Crippen LogP contribution in [0.5, 0.6) is 0 Å². The van der Waals surface area contributed by atoms with Crippen LogP contribution in [0, 0.1) is 13.8 Å². The van der Waals surface area contributed by atoms with Crippen LogP contribution in [-0.2, 0) is 4.74 Å². The molecule has 1 aliphatic rings. The molecule has 0 bridgehead atoms. The second kappa shape index (κ2) is 9.25. The third kappa shape index (κ3) is 6.19. The monoisotopic (exact) mass is 458 g/mol. The molecule has 1 heterocycles. The minimum Gasteiger partial charge on any atom is -0.426 e. The van der Waals surface area contributed by atoms with Crippen molar-refractivity contribution in [2.45, 2.75) is 57.0 Å². The van der Waals surface area contributed by atoms with E-state index < -0.39 is 24.5 Å². The third-order valence-corrected chi connectivity index (χ3v) is 6.13. The van der Waals surface area contributed by atoms with Gasteiger partial charge in [-0.25, -0.2) is 9.10 Å². The fourth-order valence-electron chi connectivity index (χ4n) is 3.05. The van der Waals surface area contributed by atoms with E-state index >= 15 is 0 Å². The van der Waals surface area contributed by atoms with Crippen LogP contribution in [0.4, 0.5) is 31.1 Å². The zero-order chi connectivity index (χ0) is 22.9. The number of nitrogens with zero attached hydrogens (tertiary/aromatic N) is 2. The van der Waals surface area contributed by atoms with Crippen LogP contribution in [0.3, 0.4) is 0 Å². The van der Waals surface area contributed by atoms with Crippen molar-refractivity contribution in [2.24, 2.45) is 0 Å². The lowest BCUT2D eigenvalue weighted by Crippen LogP contribution is -2.51. The number of rotatable bonds is 4. The molecule has 0 unspecified atom stereocenters. The summed E-state index contributed by atoms with van der Waals surface area (Å²) in [5.74, 6) is 0.383. The van der Waals surface area contributed by atoms with Crippen molar-refractivity contribution in [3.63, 3.8) is 0 Å². The average Bonchev–Trinajstić information content (AvgIpc) is 2.60. The van der Waals surface area contributed by atoms with Gasteiger partial charge in [0.25, 0.3) is 6.10 Å². The summed E-state index contributed by atoms with van der Waals surface area (Å²) >= 11 is 1.47. The van der Waals surface area contributed by atoms with Crippen LogP contribution in [0.1, 0.15) is 36.5 Å². The summed E-state index contributed by atoms with van der Waals surface area (Å²) in [5, 5.41) is 0. The number of piperazine rings is 1. The lowest BCUT2D eigenvalue weighted by atomic mass is 9.99. The lowest BCUT2D eigenvalue weighted by Gasteiger charge is -2.35. The molecular formula is C19H24F6N2O2S. The molecule has 30 heavy (non-hydrogen) atoms. The highest BCUT2D eigenvalue weighted by Crippen LogP contribution is 2.36. The van der Waals surface area contributed by atoms with Crippen LogP contribution in [0.2, 0.25) is 0 Å². The fourth-order valence-corrected chi connectivity index (χ4v) is 4.06. The molecular weight excluding hydrogens is 434 g/mol. The minimum absolute atomic E-state index is 0.0313. The van der Waals surface area contributed by atoms with E-state index in [1.54, 1.807) is 0 Å². The second-order valence-electron chi connectivity index (χ2n) is 7.49. The number of benzene rings is 1. The van der Waals surface area contributed by atoms with E-state index in [9.17, 15) is 31.1 Å².